The second kappa shape index (κ2) is 7.40. The Bertz CT molecular complexity index is 787. The minimum absolute atomic E-state index is 0.00895. The molecule has 2 N–H and O–H groups in total. The van der Waals surface area contributed by atoms with E-state index in [1.54, 1.807) is 24.3 Å². The fraction of sp³-hybridized carbons (Fsp3) is 0.222. The number of amides is 2. The van der Waals surface area contributed by atoms with Crippen molar-refractivity contribution in [3.05, 3.63) is 59.7 Å². The fourth-order valence-corrected chi connectivity index (χ4v) is 2.48. The first kappa shape index (κ1) is 17.0. The zero-order valence-electron chi connectivity index (χ0n) is 13.2. The number of benzene rings is 2. The van der Waals surface area contributed by atoms with Crippen molar-refractivity contribution in [2.75, 3.05) is 17.2 Å². The zero-order chi connectivity index (χ0) is 17.8. The van der Waals surface area contributed by atoms with E-state index in [0.717, 1.165) is 18.6 Å². The number of hydrogen-bond donors (Lipinski definition) is 2. The summed E-state index contributed by atoms with van der Waals surface area (Å²) in [5, 5.41) is 5.32. The first-order valence-corrected chi connectivity index (χ1v) is 7.82. The first-order valence-electron chi connectivity index (χ1n) is 7.82. The van der Waals surface area contributed by atoms with Gasteiger partial charge in [-0.2, -0.15) is 0 Å². The predicted octanol–water partition coefficient (Wildman–Crippen LogP) is 3.33. The Hall–Kier alpha value is -2.80. The second-order valence-corrected chi connectivity index (χ2v) is 5.65. The molecular weight excluding hydrogens is 330 g/mol. The summed E-state index contributed by atoms with van der Waals surface area (Å²) >= 11 is 0. The van der Waals surface area contributed by atoms with Crippen LogP contribution in [0.5, 0.6) is 0 Å². The number of carbonyl (C=O) groups excluding carboxylic acids is 2. The van der Waals surface area contributed by atoms with Gasteiger partial charge in [-0.3, -0.25) is 9.59 Å². The van der Waals surface area contributed by atoms with Crippen molar-refractivity contribution in [2.45, 2.75) is 18.9 Å². The Morgan fingerprint density at radius 3 is 2.24 bits per heavy atom. The number of carbonyl (C=O) groups is 2. The third-order valence-electron chi connectivity index (χ3n) is 3.81. The van der Waals surface area contributed by atoms with E-state index >= 15 is 0 Å². The Kier molecular flexibility index (Phi) is 5.04. The van der Waals surface area contributed by atoms with Crippen LogP contribution in [0.2, 0.25) is 0 Å². The van der Waals surface area contributed by atoms with Gasteiger partial charge in [-0.25, -0.2) is 8.78 Å². The maximum absolute atomic E-state index is 13.2. The Morgan fingerprint density at radius 2 is 1.64 bits per heavy atom. The van der Waals surface area contributed by atoms with Gasteiger partial charge in [-0.1, -0.05) is 0 Å². The van der Waals surface area contributed by atoms with Crippen LogP contribution in [-0.2, 0) is 9.53 Å². The molecule has 0 unspecified atom stereocenters. The van der Waals surface area contributed by atoms with Crippen LogP contribution in [0.1, 0.15) is 23.2 Å². The highest BCUT2D eigenvalue weighted by Crippen LogP contribution is 2.18. The van der Waals surface area contributed by atoms with Crippen molar-refractivity contribution in [2.24, 2.45) is 0 Å². The molecule has 0 radical (unpaired) electrons. The lowest BCUT2D eigenvalue weighted by molar-refractivity contribution is -0.124. The predicted molar refractivity (Wildman–Crippen MR) is 88.4 cm³/mol. The third kappa shape index (κ3) is 4.19. The van der Waals surface area contributed by atoms with Gasteiger partial charge < -0.3 is 15.4 Å². The fourth-order valence-electron chi connectivity index (χ4n) is 2.48. The van der Waals surface area contributed by atoms with Crippen LogP contribution in [0, 0.1) is 11.6 Å². The maximum Gasteiger partial charge on any atom is 0.255 e. The maximum atomic E-state index is 13.2. The lowest BCUT2D eigenvalue weighted by Gasteiger charge is -2.11. The standard InChI is InChI=1S/C18H16F2N2O3/c19-14-8-3-11(10-15(14)20)17(23)21-12-4-6-13(7-5-12)22-18(24)16-2-1-9-25-16/h3-8,10,16H,1-2,9H2,(H,21,23)(H,22,24)/t16-/m1/s1. The van der Waals surface area contributed by atoms with Gasteiger partial charge in [0.2, 0.25) is 0 Å². The van der Waals surface area contributed by atoms with Gasteiger partial charge >= 0.3 is 0 Å². The van der Waals surface area contributed by atoms with Crippen molar-refractivity contribution in [3.8, 4) is 0 Å². The monoisotopic (exact) mass is 346 g/mol. The molecule has 0 bridgehead atoms. The van der Waals surface area contributed by atoms with Gasteiger partial charge in [0, 0.05) is 23.5 Å². The topological polar surface area (TPSA) is 67.4 Å². The van der Waals surface area contributed by atoms with Gasteiger partial charge in [0.1, 0.15) is 6.10 Å². The first-order chi connectivity index (χ1) is 12.0. The minimum Gasteiger partial charge on any atom is -0.368 e. The van der Waals surface area contributed by atoms with Gasteiger partial charge in [-0.05, 0) is 55.3 Å². The molecule has 130 valence electrons. The summed E-state index contributed by atoms with van der Waals surface area (Å²) in [6.07, 6.45) is 1.15. The van der Waals surface area contributed by atoms with E-state index < -0.39 is 23.6 Å². The van der Waals surface area contributed by atoms with E-state index in [4.69, 9.17) is 4.74 Å². The lowest BCUT2D eigenvalue weighted by atomic mass is 10.2. The average Bonchev–Trinajstić information content (AvgIpc) is 3.14. The van der Waals surface area contributed by atoms with Crippen molar-refractivity contribution in [1.82, 2.24) is 0 Å². The van der Waals surface area contributed by atoms with Crippen LogP contribution in [0.15, 0.2) is 42.5 Å². The van der Waals surface area contributed by atoms with Crippen LogP contribution >= 0.6 is 0 Å². The third-order valence-corrected chi connectivity index (χ3v) is 3.81. The van der Waals surface area contributed by atoms with Crippen molar-refractivity contribution in [1.29, 1.82) is 0 Å². The summed E-state index contributed by atoms with van der Waals surface area (Å²) in [5.41, 5.74) is 1.05. The molecule has 3 rings (SSSR count). The SMILES string of the molecule is O=C(Nc1ccc(NC(=O)[C@H]2CCCO2)cc1)c1ccc(F)c(F)c1. The molecule has 0 saturated carbocycles. The van der Waals surface area contributed by atoms with E-state index in [1.807, 2.05) is 0 Å². The van der Waals surface area contributed by atoms with Gasteiger partial charge in [0.05, 0.1) is 0 Å². The highest BCUT2D eigenvalue weighted by atomic mass is 19.2. The van der Waals surface area contributed by atoms with Gasteiger partial charge in [0.25, 0.3) is 11.8 Å². The summed E-state index contributed by atoms with van der Waals surface area (Å²) in [6.45, 7) is 0.590. The molecule has 0 aromatic heterocycles. The van der Waals surface area contributed by atoms with Crippen molar-refractivity contribution in [3.63, 3.8) is 0 Å². The summed E-state index contributed by atoms with van der Waals surface area (Å²) in [5.74, 6) is -2.85. The molecule has 2 amide bonds. The van der Waals surface area contributed by atoms with E-state index in [-0.39, 0.29) is 11.5 Å². The molecule has 5 nitrogen and oxygen atoms in total. The number of hydrogen-bond acceptors (Lipinski definition) is 3. The Labute approximate surface area is 143 Å². The van der Waals surface area contributed by atoms with Crippen LogP contribution in [0.25, 0.3) is 0 Å². The van der Waals surface area contributed by atoms with Gasteiger partial charge in [-0.15, -0.1) is 0 Å². The molecule has 1 fully saturated rings. The summed E-state index contributed by atoms with van der Waals surface area (Å²) in [6, 6.07) is 9.39. The van der Waals surface area contributed by atoms with E-state index in [0.29, 0.717) is 24.4 Å². The van der Waals surface area contributed by atoms with E-state index in [2.05, 4.69) is 10.6 Å². The average molecular weight is 346 g/mol. The van der Waals surface area contributed by atoms with Crippen LogP contribution in [-0.4, -0.2) is 24.5 Å². The summed E-state index contributed by atoms with van der Waals surface area (Å²) in [4.78, 5) is 24.0. The van der Waals surface area contributed by atoms with Gasteiger partial charge in [0.15, 0.2) is 11.6 Å². The molecule has 1 saturated heterocycles. The van der Waals surface area contributed by atoms with Crippen molar-refractivity contribution < 1.29 is 23.1 Å². The number of nitrogens with one attached hydrogen (secondary N) is 2. The minimum atomic E-state index is -1.08. The van der Waals surface area contributed by atoms with Crippen LogP contribution in [0.3, 0.4) is 0 Å². The molecule has 1 heterocycles. The number of anilines is 2. The van der Waals surface area contributed by atoms with Crippen LogP contribution < -0.4 is 10.6 Å². The number of ether oxygens (including phenoxy) is 1. The number of halogens is 2. The zero-order valence-corrected chi connectivity index (χ0v) is 13.2. The largest absolute Gasteiger partial charge is 0.368 e. The second-order valence-electron chi connectivity index (χ2n) is 5.65. The summed E-state index contributed by atoms with van der Waals surface area (Å²) in [7, 11) is 0. The van der Waals surface area contributed by atoms with Crippen molar-refractivity contribution >= 4 is 23.2 Å². The lowest BCUT2D eigenvalue weighted by Crippen LogP contribution is -2.26. The molecule has 2 aromatic rings. The summed E-state index contributed by atoms with van der Waals surface area (Å²) < 4.78 is 31.4. The molecule has 0 spiro atoms. The Balaban J connectivity index is 1.61. The molecule has 0 aliphatic carbocycles. The highest BCUT2D eigenvalue weighted by molar-refractivity contribution is 6.04. The molecule has 1 aliphatic heterocycles. The van der Waals surface area contributed by atoms with E-state index in [9.17, 15) is 18.4 Å². The molecule has 7 heteroatoms. The molecule has 2 aromatic carbocycles. The Morgan fingerprint density at radius 1 is 0.960 bits per heavy atom. The molecular formula is C18H16F2N2O3. The normalized spacial score (nSPS) is 16.5. The quantitative estimate of drug-likeness (QED) is 0.892. The van der Waals surface area contributed by atoms with Crippen LogP contribution in [0.4, 0.5) is 20.2 Å². The smallest absolute Gasteiger partial charge is 0.255 e. The van der Waals surface area contributed by atoms with E-state index in [1.165, 1.54) is 6.07 Å². The molecule has 1 aliphatic rings. The number of rotatable bonds is 4. The molecule has 1 atom stereocenters. The highest BCUT2D eigenvalue weighted by Gasteiger charge is 2.23. The molecule has 25 heavy (non-hydrogen) atoms.